The average Bonchev–Trinajstić information content (AvgIpc) is 2.38. The van der Waals surface area contributed by atoms with Crippen LogP contribution in [0.1, 0.15) is 17.3 Å². The number of phenols is 1. The van der Waals surface area contributed by atoms with E-state index in [2.05, 4.69) is 5.32 Å². The maximum atomic E-state index is 11.7. The Balaban J connectivity index is 2.61. The monoisotopic (exact) mass is 266 g/mol. The molecule has 0 bridgehead atoms. The van der Waals surface area contributed by atoms with Crippen molar-refractivity contribution >= 4 is 17.9 Å². The second-order valence-electron chi connectivity index (χ2n) is 3.67. The molecule has 0 fully saturated rings. The van der Waals surface area contributed by atoms with E-state index in [1.807, 2.05) is 5.32 Å². The van der Waals surface area contributed by atoms with Crippen LogP contribution < -0.4 is 10.6 Å². The lowest BCUT2D eigenvalue weighted by Crippen LogP contribution is -2.43. The fourth-order valence-corrected chi connectivity index (χ4v) is 1.19. The van der Waals surface area contributed by atoms with Crippen molar-refractivity contribution in [2.24, 2.45) is 0 Å². The summed E-state index contributed by atoms with van der Waals surface area (Å²) >= 11 is 0. The first-order valence-corrected chi connectivity index (χ1v) is 5.46. The number of hydrogen-bond donors (Lipinski definition) is 3. The lowest BCUT2D eigenvalue weighted by atomic mass is 10.2. The number of imide groups is 1. The number of benzene rings is 1. The van der Waals surface area contributed by atoms with Crippen LogP contribution in [0.15, 0.2) is 24.3 Å². The molecule has 0 saturated carbocycles. The van der Waals surface area contributed by atoms with Gasteiger partial charge in [0, 0.05) is 7.05 Å². The van der Waals surface area contributed by atoms with Crippen LogP contribution in [0.2, 0.25) is 0 Å². The third kappa shape index (κ3) is 4.30. The van der Waals surface area contributed by atoms with Gasteiger partial charge in [0.2, 0.25) is 0 Å². The molecule has 3 amide bonds. The number of urea groups is 1. The zero-order valence-corrected chi connectivity index (χ0v) is 10.5. The predicted molar refractivity (Wildman–Crippen MR) is 65.6 cm³/mol. The van der Waals surface area contributed by atoms with E-state index >= 15 is 0 Å². The van der Waals surface area contributed by atoms with Gasteiger partial charge in [0.15, 0.2) is 6.10 Å². The molecular weight excluding hydrogens is 252 g/mol. The van der Waals surface area contributed by atoms with Crippen molar-refractivity contribution in [3.63, 3.8) is 0 Å². The first-order chi connectivity index (χ1) is 8.93. The average molecular weight is 266 g/mol. The molecule has 0 aliphatic heterocycles. The van der Waals surface area contributed by atoms with Gasteiger partial charge < -0.3 is 15.2 Å². The fraction of sp³-hybridized carbons (Fsp3) is 0.250. The van der Waals surface area contributed by atoms with Crippen molar-refractivity contribution < 1.29 is 24.2 Å². The molecule has 1 unspecified atom stereocenters. The highest BCUT2D eigenvalue weighted by molar-refractivity contribution is 5.98. The van der Waals surface area contributed by atoms with Gasteiger partial charge in [-0.2, -0.15) is 0 Å². The maximum Gasteiger partial charge on any atom is 0.339 e. The fourth-order valence-electron chi connectivity index (χ4n) is 1.19. The third-order valence-electron chi connectivity index (χ3n) is 2.20. The van der Waals surface area contributed by atoms with Gasteiger partial charge in [-0.1, -0.05) is 6.07 Å². The van der Waals surface area contributed by atoms with E-state index < -0.39 is 24.0 Å². The first-order valence-electron chi connectivity index (χ1n) is 5.46. The summed E-state index contributed by atoms with van der Waals surface area (Å²) < 4.78 is 4.86. The Morgan fingerprint density at radius 1 is 1.32 bits per heavy atom. The van der Waals surface area contributed by atoms with Crippen molar-refractivity contribution in [3.8, 4) is 5.75 Å². The van der Waals surface area contributed by atoms with E-state index in [1.165, 1.54) is 38.2 Å². The SMILES string of the molecule is CNC(=O)NC(=O)C(C)OC(=O)c1cccc(O)c1. The number of carbonyl (C=O) groups excluding carboxylic acids is 3. The summed E-state index contributed by atoms with van der Waals surface area (Å²) in [5.74, 6) is -1.60. The number of esters is 1. The number of hydrogen-bond acceptors (Lipinski definition) is 5. The summed E-state index contributed by atoms with van der Waals surface area (Å²) in [6.45, 7) is 1.33. The van der Waals surface area contributed by atoms with Crippen molar-refractivity contribution in [1.82, 2.24) is 10.6 Å². The molecule has 7 nitrogen and oxygen atoms in total. The van der Waals surface area contributed by atoms with Crippen LogP contribution in [0.3, 0.4) is 0 Å². The van der Waals surface area contributed by atoms with Gasteiger partial charge in [-0.3, -0.25) is 10.1 Å². The number of carbonyl (C=O) groups is 3. The molecule has 0 aromatic heterocycles. The highest BCUT2D eigenvalue weighted by Gasteiger charge is 2.20. The highest BCUT2D eigenvalue weighted by atomic mass is 16.5. The van der Waals surface area contributed by atoms with E-state index in [1.54, 1.807) is 0 Å². The van der Waals surface area contributed by atoms with Gasteiger partial charge in [0.05, 0.1) is 5.56 Å². The van der Waals surface area contributed by atoms with Gasteiger partial charge in [-0.15, -0.1) is 0 Å². The lowest BCUT2D eigenvalue weighted by Gasteiger charge is -2.12. The Hall–Kier alpha value is -2.57. The molecule has 102 valence electrons. The van der Waals surface area contributed by atoms with Crippen molar-refractivity contribution in [1.29, 1.82) is 0 Å². The van der Waals surface area contributed by atoms with E-state index in [0.717, 1.165) is 0 Å². The van der Waals surface area contributed by atoms with Crippen LogP contribution in [0.4, 0.5) is 4.79 Å². The molecule has 1 aromatic rings. The summed E-state index contributed by atoms with van der Waals surface area (Å²) in [6.07, 6.45) is -1.13. The smallest absolute Gasteiger partial charge is 0.339 e. The molecule has 0 aliphatic carbocycles. The maximum absolute atomic E-state index is 11.7. The Kier molecular flexibility index (Phi) is 4.87. The Morgan fingerprint density at radius 3 is 2.58 bits per heavy atom. The number of amides is 3. The zero-order valence-electron chi connectivity index (χ0n) is 10.5. The van der Waals surface area contributed by atoms with Gasteiger partial charge in [-0.05, 0) is 25.1 Å². The lowest BCUT2D eigenvalue weighted by molar-refractivity contribution is -0.127. The molecule has 0 spiro atoms. The highest BCUT2D eigenvalue weighted by Crippen LogP contribution is 2.12. The second kappa shape index (κ2) is 6.39. The van der Waals surface area contributed by atoms with Gasteiger partial charge in [0.25, 0.3) is 5.91 Å². The van der Waals surface area contributed by atoms with Crippen molar-refractivity contribution in [3.05, 3.63) is 29.8 Å². The molecule has 0 radical (unpaired) electrons. The molecule has 0 saturated heterocycles. The summed E-state index contributed by atoms with van der Waals surface area (Å²) in [4.78, 5) is 34.0. The van der Waals surface area contributed by atoms with Crippen LogP contribution in [0, 0.1) is 0 Å². The van der Waals surface area contributed by atoms with Crippen LogP contribution in [-0.2, 0) is 9.53 Å². The third-order valence-corrected chi connectivity index (χ3v) is 2.20. The molecular formula is C12H14N2O5. The van der Waals surface area contributed by atoms with Crippen molar-refractivity contribution in [2.45, 2.75) is 13.0 Å². The molecule has 3 N–H and O–H groups in total. The molecule has 1 rings (SSSR count). The first kappa shape index (κ1) is 14.5. The normalized spacial score (nSPS) is 11.3. The second-order valence-corrected chi connectivity index (χ2v) is 3.67. The quantitative estimate of drug-likeness (QED) is 0.686. The number of phenolic OH excluding ortho intramolecular Hbond substituents is 1. The molecule has 0 aliphatic rings. The summed E-state index contributed by atoms with van der Waals surface area (Å²) in [5, 5.41) is 13.4. The summed E-state index contributed by atoms with van der Waals surface area (Å²) in [5.41, 5.74) is 0.111. The van der Waals surface area contributed by atoms with Gasteiger partial charge >= 0.3 is 12.0 Å². The molecule has 1 atom stereocenters. The van der Waals surface area contributed by atoms with Crippen LogP contribution in [0.25, 0.3) is 0 Å². The number of rotatable bonds is 3. The minimum Gasteiger partial charge on any atom is -0.508 e. The Labute approximate surface area is 109 Å². The predicted octanol–water partition coefficient (Wildman–Crippen LogP) is 0.393. The largest absolute Gasteiger partial charge is 0.508 e. The van der Waals surface area contributed by atoms with Crippen LogP contribution >= 0.6 is 0 Å². The standard InChI is InChI=1S/C12H14N2O5/c1-7(10(16)14-12(18)13-2)19-11(17)8-4-3-5-9(15)6-8/h3-7,15H,1-2H3,(H2,13,14,16,18). The summed E-state index contributed by atoms with van der Waals surface area (Å²) in [7, 11) is 1.35. The van der Waals surface area contributed by atoms with E-state index in [9.17, 15) is 19.5 Å². The van der Waals surface area contributed by atoms with Gasteiger partial charge in [0.1, 0.15) is 5.75 Å². The zero-order chi connectivity index (χ0) is 14.4. The Bertz CT molecular complexity index is 501. The number of aromatic hydroxyl groups is 1. The molecule has 7 heteroatoms. The summed E-state index contributed by atoms with van der Waals surface area (Å²) in [6, 6.07) is 4.84. The number of ether oxygens (including phenoxy) is 1. The van der Waals surface area contributed by atoms with Gasteiger partial charge in [-0.25, -0.2) is 9.59 Å². The van der Waals surface area contributed by atoms with E-state index in [4.69, 9.17) is 4.74 Å². The van der Waals surface area contributed by atoms with E-state index in [0.29, 0.717) is 0 Å². The van der Waals surface area contributed by atoms with Crippen LogP contribution in [0.5, 0.6) is 5.75 Å². The number of nitrogens with one attached hydrogen (secondary N) is 2. The molecule has 1 aromatic carbocycles. The molecule has 0 heterocycles. The molecule has 19 heavy (non-hydrogen) atoms. The topological polar surface area (TPSA) is 105 Å². The van der Waals surface area contributed by atoms with Crippen molar-refractivity contribution in [2.75, 3.05) is 7.05 Å². The Morgan fingerprint density at radius 2 is 2.00 bits per heavy atom. The van der Waals surface area contributed by atoms with Crippen LogP contribution in [-0.4, -0.2) is 36.2 Å². The minimum atomic E-state index is -1.13. The van der Waals surface area contributed by atoms with E-state index in [-0.39, 0.29) is 11.3 Å². The minimum absolute atomic E-state index is 0.0862.